The number of nitrogens with one attached hydrogen (secondary N) is 2. The van der Waals surface area contributed by atoms with Crippen molar-refractivity contribution < 1.29 is 4.79 Å². The lowest BCUT2D eigenvalue weighted by Gasteiger charge is -2.06. The van der Waals surface area contributed by atoms with Gasteiger partial charge in [-0.05, 0) is 43.7 Å². The average molecular weight is 279 g/mol. The molecular weight excluding hydrogens is 260 g/mol. The van der Waals surface area contributed by atoms with Crippen LogP contribution >= 0.6 is 11.6 Å². The third-order valence-electron chi connectivity index (χ3n) is 3.29. The molecule has 0 atom stereocenters. The first kappa shape index (κ1) is 13.9. The van der Waals surface area contributed by atoms with E-state index >= 15 is 0 Å². The number of benzene rings is 1. The van der Waals surface area contributed by atoms with E-state index in [4.69, 9.17) is 11.6 Å². The van der Waals surface area contributed by atoms with Gasteiger partial charge in [-0.3, -0.25) is 0 Å². The maximum atomic E-state index is 11.6. The van der Waals surface area contributed by atoms with Gasteiger partial charge in [-0.15, -0.1) is 0 Å². The highest BCUT2D eigenvalue weighted by Crippen LogP contribution is 2.22. The number of rotatable bonds is 4. The Labute approximate surface area is 119 Å². The molecule has 1 aromatic rings. The highest BCUT2D eigenvalue weighted by Gasteiger charge is 2.06. The van der Waals surface area contributed by atoms with Crippen molar-refractivity contribution >= 4 is 17.6 Å². The minimum Gasteiger partial charge on any atom is -0.338 e. The molecule has 1 aliphatic carbocycles. The Morgan fingerprint density at radius 2 is 2.00 bits per heavy atom. The smallest absolute Gasteiger partial charge is 0.318 e. The average Bonchev–Trinajstić information content (AvgIpc) is 2.92. The second-order valence-corrected chi connectivity index (χ2v) is 5.16. The minimum atomic E-state index is -0.147. The molecule has 2 amide bonds. The number of hydrogen-bond donors (Lipinski definition) is 2. The minimum absolute atomic E-state index is 0.147. The summed E-state index contributed by atoms with van der Waals surface area (Å²) < 4.78 is 0. The Morgan fingerprint density at radius 1 is 1.26 bits per heavy atom. The Morgan fingerprint density at radius 3 is 2.74 bits per heavy atom. The Balaban J connectivity index is 1.69. The molecule has 2 rings (SSSR count). The normalized spacial score (nSPS) is 14.3. The van der Waals surface area contributed by atoms with Gasteiger partial charge in [-0.1, -0.05) is 35.4 Å². The van der Waals surface area contributed by atoms with Gasteiger partial charge < -0.3 is 10.6 Å². The second-order valence-electron chi connectivity index (χ2n) is 4.75. The Bertz CT molecular complexity index is 463. The van der Waals surface area contributed by atoms with Gasteiger partial charge in [0.2, 0.25) is 0 Å². The second kappa shape index (κ2) is 7.19. The van der Waals surface area contributed by atoms with Crippen LogP contribution in [0.25, 0.3) is 0 Å². The van der Waals surface area contributed by atoms with Crippen LogP contribution in [-0.2, 0) is 6.42 Å². The molecule has 1 aromatic carbocycles. The number of urea groups is 1. The lowest BCUT2D eigenvalue weighted by atomic mass is 10.1. The third-order valence-corrected chi connectivity index (χ3v) is 3.66. The standard InChI is InChI=1S/C15H19ClN2O/c16-14-8-4-3-7-13(14)9-10-17-15(19)18-11-12-5-1-2-6-12/h3-4,7-8,11H,1-2,5-6,9-10H2,(H2,17,18,19). The predicted octanol–water partition coefficient (Wildman–Crippen LogP) is 3.64. The van der Waals surface area contributed by atoms with Gasteiger partial charge in [0.1, 0.15) is 0 Å². The summed E-state index contributed by atoms with van der Waals surface area (Å²) in [6.45, 7) is 0.582. The van der Waals surface area contributed by atoms with Crippen LogP contribution in [0.2, 0.25) is 5.02 Å². The molecule has 0 bridgehead atoms. The van der Waals surface area contributed by atoms with Crippen molar-refractivity contribution in [2.24, 2.45) is 0 Å². The molecule has 0 spiro atoms. The van der Waals surface area contributed by atoms with Crippen molar-refractivity contribution in [2.75, 3.05) is 6.54 Å². The van der Waals surface area contributed by atoms with Crippen LogP contribution in [0.4, 0.5) is 4.79 Å². The zero-order valence-electron chi connectivity index (χ0n) is 10.9. The first-order valence-corrected chi connectivity index (χ1v) is 7.09. The largest absolute Gasteiger partial charge is 0.338 e. The van der Waals surface area contributed by atoms with E-state index in [-0.39, 0.29) is 6.03 Å². The summed E-state index contributed by atoms with van der Waals surface area (Å²) in [7, 11) is 0. The highest BCUT2D eigenvalue weighted by molar-refractivity contribution is 6.31. The van der Waals surface area contributed by atoms with Crippen molar-refractivity contribution in [1.82, 2.24) is 10.6 Å². The van der Waals surface area contributed by atoms with E-state index < -0.39 is 0 Å². The SMILES string of the molecule is O=C(NC=C1CCCC1)NCCc1ccccc1Cl. The van der Waals surface area contributed by atoms with Crippen LogP contribution in [0.1, 0.15) is 31.2 Å². The van der Waals surface area contributed by atoms with Crippen LogP contribution in [-0.4, -0.2) is 12.6 Å². The predicted molar refractivity (Wildman–Crippen MR) is 78.2 cm³/mol. The summed E-state index contributed by atoms with van der Waals surface area (Å²) in [5, 5.41) is 6.36. The first-order valence-electron chi connectivity index (χ1n) is 6.71. The maximum Gasteiger partial charge on any atom is 0.318 e. The summed E-state index contributed by atoms with van der Waals surface area (Å²) in [6.07, 6.45) is 7.28. The van der Waals surface area contributed by atoms with Crippen LogP contribution in [0.5, 0.6) is 0 Å². The number of carbonyl (C=O) groups excluding carboxylic acids is 1. The van der Waals surface area contributed by atoms with Gasteiger partial charge in [-0.2, -0.15) is 0 Å². The molecule has 1 fully saturated rings. The van der Waals surface area contributed by atoms with Crippen molar-refractivity contribution in [1.29, 1.82) is 0 Å². The van der Waals surface area contributed by atoms with E-state index in [1.54, 1.807) is 0 Å². The van der Waals surface area contributed by atoms with Gasteiger partial charge in [0.25, 0.3) is 0 Å². The number of carbonyl (C=O) groups is 1. The van der Waals surface area contributed by atoms with E-state index in [9.17, 15) is 4.79 Å². The zero-order chi connectivity index (χ0) is 13.5. The number of hydrogen-bond acceptors (Lipinski definition) is 1. The van der Waals surface area contributed by atoms with Crippen molar-refractivity contribution in [3.63, 3.8) is 0 Å². The van der Waals surface area contributed by atoms with Crippen molar-refractivity contribution in [3.05, 3.63) is 46.6 Å². The molecule has 0 saturated heterocycles. The number of allylic oxidation sites excluding steroid dienone is 1. The fourth-order valence-corrected chi connectivity index (χ4v) is 2.43. The summed E-state index contributed by atoms with van der Waals surface area (Å²) in [5.41, 5.74) is 2.39. The number of halogens is 1. The van der Waals surface area contributed by atoms with Gasteiger partial charge in [0.15, 0.2) is 0 Å². The van der Waals surface area contributed by atoms with Gasteiger partial charge >= 0.3 is 6.03 Å². The van der Waals surface area contributed by atoms with E-state index in [2.05, 4.69) is 10.6 Å². The number of amides is 2. The summed E-state index contributed by atoms with van der Waals surface area (Å²) >= 11 is 6.05. The topological polar surface area (TPSA) is 41.1 Å². The molecule has 0 heterocycles. The van der Waals surface area contributed by atoms with E-state index in [1.165, 1.54) is 18.4 Å². The summed E-state index contributed by atoms with van der Waals surface area (Å²) in [6, 6.07) is 7.54. The van der Waals surface area contributed by atoms with E-state index in [0.717, 1.165) is 29.8 Å². The third kappa shape index (κ3) is 4.60. The van der Waals surface area contributed by atoms with E-state index in [0.29, 0.717) is 6.54 Å². The Hall–Kier alpha value is -1.48. The molecule has 3 nitrogen and oxygen atoms in total. The molecule has 19 heavy (non-hydrogen) atoms. The molecule has 1 aliphatic rings. The van der Waals surface area contributed by atoms with Crippen LogP contribution in [0.3, 0.4) is 0 Å². The lowest BCUT2D eigenvalue weighted by molar-refractivity contribution is 0.244. The van der Waals surface area contributed by atoms with Crippen LogP contribution in [0, 0.1) is 0 Å². The molecule has 0 radical (unpaired) electrons. The Kier molecular flexibility index (Phi) is 5.28. The lowest BCUT2D eigenvalue weighted by Crippen LogP contribution is -2.33. The van der Waals surface area contributed by atoms with Crippen LogP contribution < -0.4 is 10.6 Å². The molecule has 0 aromatic heterocycles. The molecule has 1 saturated carbocycles. The fraction of sp³-hybridized carbons (Fsp3) is 0.400. The molecule has 2 N–H and O–H groups in total. The van der Waals surface area contributed by atoms with Gasteiger partial charge in [0.05, 0.1) is 0 Å². The van der Waals surface area contributed by atoms with Crippen molar-refractivity contribution in [2.45, 2.75) is 32.1 Å². The van der Waals surface area contributed by atoms with Crippen LogP contribution in [0.15, 0.2) is 36.0 Å². The molecular formula is C15H19ClN2O. The maximum absolute atomic E-state index is 11.6. The van der Waals surface area contributed by atoms with Gasteiger partial charge in [0, 0.05) is 17.8 Å². The molecule has 102 valence electrons. The van der Waals surface area contributed by atoms with Gasteiger partial charge in [-0.25, -0.2) is 4.79 Å². The summed E-state index contributed by atoms with van der Waals surface area (Å²) in [4.78, 5) is 11.6. The molecule has 0 aliphatic heterocycles. The fourth-order valence-electron chi connectivity index (χ4n) is 2.20. The zero-order valence-corrected chi connectivity index (χ0v) is 11.7. The highest BCUT2D eigenvalue weighted by atomic mass is 35.5. The first-order chi connectivity index (χ1) is 9.25. The monoisotopic (exact) mass is 278 g/mol. The van der Waals surface area contributed by atoms with Crippen molar-refractivity contribution in [3.8, 4) is 0 Å². The molecule has 4 heteroatoms. The van der Waals surface area contributed by atoms with E-state index in [1.807, 2.05) is 30.5 Å². The quantitative estimate of drug-likeness (QED) is 0.867. The molecule has 0 unspecified atom stereocenters. The summed E-state index contributed by atoms with van der Waals surface area (Å²) in [5.74, 6) is 0.